The van der Waals surface area contributed by atoms with E-state index < -0.39 is 5.91 Å². The van der Waals surface area contributed by atoms with Gasteiger partial charge in [0.15, 0.2) is 5.58 Å². The molecule has 0 bridgehead atoms. The predicted molar refractivity (Wildman–Crippen MR) is 139 cm³/mol. The van der Waals surface area contributed by atoms with Crippen molar-refractivity contribution in [3.63, 3.8) is 0 Å². The van der Waals surface area contributed by atoms with Gasteiger partial charge in [-0.3, -0.25) is 9.59 Å². The van der Waals surface area contributed by atoms with Crippen LogP contribution in [0.3, 0.4) is 0 Å². The molecule has 0 aliphatic carbocycles. The van der Waals surface area contributed by atoms with Gasteiger partial charge in [0.1, 0.15) is 11.3 Å². The van der Waals surface area contributed by atoms with E-state index in [0.29, 0.717) is 47.3 Å². The number of rotatable bonds is 8. The summed E-state index contributed by atoms with van der Waals surface area (Å²) in [5.41, 5.74) is 8.51. The Kier molecular flexibility index (Phi) is 7.57. The average Bonchev–Trinajstić information content (AvgIpc) is 3.24. The van der Waals surface area contributed by atoms with E-state index in [4.69, 9.17) is 14.9 Å². The van der Waals surface area contributed by atoms with Gasteiger partial charge in [0, 0.05) is 19.5 Å². The molecule has 0 unspecified atom stereocenters. The maximum Gasteiger partial charge on any atom is 0.298 e. The molecule has 0 spiro atoms. The summed E-state index contributed by atoms with van der Waals surface area (Å²) in [5, 5.41) is 6.29. The minimum Gasteiger partial charge on any atom is -0.493 e. The van der Waals surface area contributed by atoms with Gasteiger partial charge in [0.05, 0.1) is 21.4 Å². The van der Waals surface area contributed by atoms with Crippen molar-refractivity contribution in [2.24, 2.45) is 5.73 Å². The first kappa shape index (κ1) is 24.3. The fourth-order valence-corrected chi connectivity index (χ4v) is 4.82. The van der Waals surface area contributed by atoms with Gasteiger partial charge in [-0.2, -0.15) is 4.98 Å². The van der Waals surface area contributed by atoms with Crippen LogP contribution in [0.4, 0.5) is 11.7 Å². The van der Waals surface area contributed by atoms with Crippen molar-refractivity contribution in [3.05, 3.63) is 45.0 Å². The van der Waals surface area contributed by atoms with E-state index in [0.717, 1.165) is 35.1 Å². The number of hydrogen-bond donors (Lipinski definition) is 3. The fraction of sp³-hybridized carbons (Fsp3) is 0.375. The third kappa shape index (κ3) is 5.27. The topological polar surface area (TPSA) is 123 Å². The zero-order valence-electron chi connectivity index (χ0n) is 19.2. The fourth-order valence-electron chi connectivity index (χ4n) is 4.21. The largest absolute Gasteiger partial charge is 0.493 e. The van der Waals surface area contributed by atoms with Crippen molar-refractivity contribution < 1.29 is 18.7 Å². The lowest BCUT2D eigenvalue weighted by Gasteiger charge is -2.33. The maximum atomic E-state index is 11.9. The van der Waals surface area contributed by atoms with Crippen molar-refractivity contribution in [1.29, 1.82) is 0 Å². The number of halogens is 1. The molecule has 2 heterocycles. The molecule has 0 atom stereocenters. The number of carbonyl (C=O) groups is 2. The van der Waals surface area contributed by atoms with Crippen molar-refractivity contribution in [2.75, 3.05) is 29.9 Å². The van der Waals surface area contributed by atoms with E-state index in [9.17, 15) is 9.59 Å². The highest BCUT2D eigenvalue weighted by Crippen LogP contribution is 2.34. The maximum absolute atomic E-state index is 11.9. The molecule has 2 aromatic carbocycles. The molecule has 34 heavy (non-hydrogen) atoms. The quantitative estimate of drug-likeness (QED) is 0.350. The van der Waals surface area contributed by atoms with Gasteiger partial charge in [-0.15, -0.1) is 0 Å². The molecule has 3 aromatic rings. The van der Waals surface area contributed by atoms with Crippen molar-refractivity contribution >= 4 is 57.2 Å². The predicted octanol–water partition coefficient (Wildman–Crippen LogP) is 3.65. The summed E-state index contributed by atoms with van der Waals surface area (Å²) in [6, 6.07) is 9.74. The molecule has 1 aromatic heterocycles. The number of para-hydroxylation sites is 1. The Bertz CT molecular complexity index is 1210. The summed E-state index contributed by atoms with van der Waals surface area (Å²) in [4.78, 5) is 30.5. The highest BCUT2D eigenvalue weighted by atomic mass is 127. The van der Waals surface area contributed by atoms with Crippen molar-refractivity contribution in [3.8, 4) is 5.75 Å². The highest BCUT2D eigenvalue weighted by molar-refractivity contribution is 14.1. The number of piperidine rings is 1. The molecular formula is C24H28IN5O4. The van der Waals surface area contributed by atoms with Crippen LogP contribution in [0.5, 0.6) is 5.75 Å². The Hall–Kier alpha value is -2.86. The molecular weight excluding hydrogens is 549 g/mol. The zero-order valence-corrected chi connectivity index (χ0v) is 21.3. The van der Waals surface area contributed by atoms with Crippen LogP contribution in [0.2, 0.25) is 0 Å². The Morgan fingerprint density at radius 2 is 2.09 bits per heavy atom. The van der Waals surface area contributed by atoms with Gasteiger partial charge in [0.2, 0.25) is 5.91 Å². The van der Waals surface area contributed by atoms with Gasteiger partial charge < -0.3 is 30.4 Å². The summed E-state index contributed by atoms with van der Waals surface area (Å²) < 4.78 is 12.8. The lowest BCUT2D eigenvalue weighted by Crippen LogP contribution is -2.43. The lowest BCUT2D eigenvalue weighted by molar-refractivity contribution is -0.114. The Balaban J connectivity index is 1.76. The second kappa shape index (κ2) is 10.6. The molecule has 1 fully saturated rings. The first-order valence-electron chi connectivity index (χ1n) is 11.3. The number of amides is 2. The molecule has 1 saturated heterocycles. The molecule has 0 radical (unpaired) electrons. The van der Waals surface area contributed by atoms with Crippen LogP contribution in [0.1, 0.15) is 42.6 Å². The molecule has 10 heteroatoms. The second-order valence-corrected chi connectivity index (χ2v) is 9.27. The zero-order chi connectivity index (χ0) is 24.2. The number of anilines is 2. The molecule has 1 aliphatic heterocycles. The number of nitrogens with zero attached hydrogens (tertiary/aromatic N) is 2. The average molecular weight is 577 g/mol. The molecule has 0 saturated carbocycles. The van der Waals surface area contributed by atoms with E-state index in [1.165, 1.54) is 6.92 Å². The SMILES string of the molecule is CCOc1cc(CN(c2nc3c(C(N)=O)cccc3o2)C2CCNCC2)cc(NC(C)=O)c1I. The van der Waals surface area contributed by atoms with Crippen LogP contribution in [0.25, 0.3) is 11.1 Å². The van der Waals surface area contributed by atoms with Gasteiger partial charge >= 0.3 is 0 Å². The number of carbonyl (C=O) groups excluding carboxylic acids is 2. The van der Waals surface area contributed by atoms with Crippen molar-refractivity contribution in [1.82, 2.24) is 10.3 Å². The number of nitrogens with one attached hydrogen (secondary N) is 2. The van der Waals surface area contributed by atoms with E-state index in [1.807, 2.05) is 19.1 Å². The number of benzene rings is 2. The highest BCUT2D eigenvalue weighted by Gasteiger charge is 2.27. The molecule has 4 N–H and O–H groups in total. The van der Waals surface area contributed by atoms with Crippen LogP contribution >= 0.6 is 22.6 Å². The third-order valence-electron chi connectivity index (χ3n) is 5.73. The monoisotopic (exact) mass is 577 g/mol. The minimum atomic E-state index is -0.544. The van der Waals surface area contributed by atoms with Crippen LogP contribution in [-0.2, 0) is 11.3 Å². The first-order valence-corrected chi connectivity index (χ1v) is 12.3. The second-order valence-electron chi connectivity index (χ2n) is 8.19. The molecule has 9 nitrogen and oxygen atoms in total. The number of hydrogen-bond acceptors (Lipinski definition) is 7. The van der Waals surface area contributed by atoms with Crippen LogP contribution in [-0.4, -0.2) is 42.5 Å². The smallest absolute Gasteiger partial charge is 0.298 e. The van der Waals surface area contributed by atoms with Gasteiger partial charge in [-0.05, 0) is 85.3 Å². The summed E-state index contributed by atoms with van der Waals surface area (Å²) >= 11 is 2.19. The molecule has 180 valence electrons. The normalized spacial score (nSPS) is 14.2. The third-order valence-corrected chi connectivity index (χ3v) is 6.84. The summed E-state index contributed by atoms with van der Waals surface area (Å²) in [6.07, 6.45) is 1.84. The van der Waals surface area contributed by atoms with Gasteiger partial charge in [-0.1, -0.05) is 6.07 Å². The van der Waals surface area contributed by atoms with E-state index in [-0.39, 0.29) is 11.9 Å². The van der Waals surface area contributed by atoms with Gasteiger partial charge in [0.25, 0.3) is 11.9 Å². The summed E-state index contributed by atoms with van der Waals surface area (Å²) in [7, 11) is 0. The molecule has 4 rings (SSSR count). The lowest BCUT2D eigenvalue weighted by atomic mass is 10.0. The minimum absolute atomic E-state index is 0.148. The van der Waals surface area contributed by atoms with E-state index in [2.05, 4.69) is 43.1 Å². The first-order chi connectivity index (χ1) is 16.4. The number of primary amides is 1. The Labute approximate surface area is 211 Å². The van der Waals surface area contributed by atoms with Crippen molar-refractivity contribution in [2.45, 2.75) is 39.3 Å². The molecule has 1 aliphatic rings. The number of ether oxygens (including phenoxy) is 1. The number of nitrogens with two attached hydrogens (primary N) is 1. The number of oxazole rings is 1. The van der Waals surface area contributed by atoms with Crippen LogP contribution in [0, 0.1) is 3.57 Å². The standard InChI is InChI=1S/C24H28IN5O4/c1-3-33-20-12-15(11-18(21(20)25)28-14(2)31)13-30(16-7-9-27-10-8-16)24-29-22-17(23(26)32)5-4-6-19(22)34-24/h4-6,11-12,16,27H,3,7-10,13H2,1-2H3,(H2,26,32)(H,28,31). The number of aromatic nitrogens is 1. The summed E-state index contributed by atoms with van der Waals surface area (Å²) in [5.74, 6) is 0.0201. The Morgan fingerprint density at radius 1 is 1.32 bits per heavy atom. The van der Waals surface area contributed by atoms with Crippen LogP contribution in [0.15, 0.2) is 34.7 Å². The van der Waals surface area contributed by atoms with E-state index in [1.54, 1.807) is 18.2 Å². The summed E-state index contributed by atoms with van der Waals surface area (Å²) in [6.45, 7) is 6.20. The molecule has 2 amide bonds. The van der Waals surface area contributed by atoms with E-state index >= 15 is 0 Å². The van der Waals surface area contributed by atoms with Crippen LogP contribution < -0.4 is 26.0 Å². The Morgan fingerprint density at radius 3 is 2.76 bits per heavy atom. The van der Waals surface area contributed by atoms with Gasteiger partial charge in [-0.25, -0.2) is 0 Å². The number of fused-ring (bicyclic) bond motifs is 1.